The third kappa shape index (κ3) is 3.03. The molecule has 0 aliphatic carbocycles. The smallest absolute Gasteiger partial charge is 0.261 e. The van der Waals surface area contributed by atoms with Crippen LogP contribution in [0.4, 0.5) is 0 Å². The zero-order chi connectivity index (χ0) is 16.6. The SMILES string of the molecule is CC1CCC[C@@H](C)N1C[C@@H](O)CN1C(=O)c2ccccc2C1=O. The first kappa shape index (κ1) is 16.1. The molecular weight excluding hydrogens is 292 g/mol. The monoisotopic (exact) mass is 316 g/mol. The highest BCUT2D eigenvalue weighted by Gasteiger charge is 2.37. The molecule has 3 atom stereocenters. The summed E-state index contributed by atoms with van der Waals surface area (Å²) >= 11 is 0. The maximum atomic E-state index is 12.3. The number of fused-ring (bicyclic) bond motifs is 1. The van der Waals surface area contributed by atoms with E-state index in [-0.39, 0.29) is 18.4 Å². The Morgan fingerprint density at radius 2 is 1.57 bits per heavy atom. The molecule has 1 aromatic carbocycles. The van der Waals surface area contributed by atoms with E-state index in [1.807, 2.05) is 0 Å². The lowest BCUT2D eigenvalue weighted by Crippen LogP contribution is -2.50. The maximum absolute atomic E-state index is 12.3. The molecule has 0 aromatic heterocycles. The summed E-state index contributed by atoms with van der Waals surface area (Å²) in [5.74, 6) is -0.603. The summed E-state index contributed by atoms with van der Waals surface area (Å²) in [4.78, 5) is 28.1. The fourth-order valence-electron chi connectivity index (χ4n) is 3.75. The Morgan fingerprint density at radius 1 is 1.04 bits per heavy atom. The second kappa shape index (κ2) is 6.42. The predicted octanol–water partition coefficient (Wildman–Crippen LogP) is 1.91. The topological polar surface area (TPSA) is 60.9 Å². The maximum Gasteiger partial charge on any atom is 0.261 e. The largest absolute Gasteiger partial charge is 0.390 e. The molecule has 0 spiro atoms. The normalized spacial score (nSPS) is 26.5. The number of rotatable bonds is 4. The van der Waals surface area contributed by atoms with Crippen LogP contribution in [0.25, 0.3) is 0 Å². The van der Waals surface area contributed by atoms with Crippen molar-refractivity contribution >= 4 is 11.8 Å². The molecule has 2 amide bonds. The van der Waals surface area contributed by atoms with Gasteiger partial charge in [-0.3, -0.25) is 19.4 Å². The van der Waals surface area contributed by atoms with E-state index in [0.717, 1.165) is 12.8 Å². The number of aliphatic hydroxyl groups excluding tert-OH is 1. The van der Waals surface area contributed by atoms with Gasteiger partial charge >= 0.3 is 0 Å². The summed E-state index contributed by atoms with van der Waals surface area (Å²) < 4.78 is 0. The Labute approximate surface area is 136 Å². The van der Waals surface area contributed by atoms with E-state index in [4.69, 9.17) is 0 Å². The molecule has 1 fully saturated rings. The number of hydrogen-bond donors (Lipinski definition) is 1. The number of likely N-dealkylation sites (tertiary alicyclic amines) is 1. The zero-order valence-corrected chi connectivity index (χ0v) is 13.7. The van der Waals surface area contributed by atoms with Crippen LogP contribution >= 0.6 is 0 Å². The molecule has 2 aliphatic heterocycles. The number of imide groups is 1. The molecule has 0 saturated carbocycles. The van der Waals surface area contributed by atoms with Gasteiger partial charge in [0.1, 0.15) is 0 Å². The number of carbonyl (C=O) groups excluding carboxylic acids is 2. The summed E-state index contributed by atoms with van der Waals surface area (Å²) in [5.41, 5.74) is 0.869. The van der Waals surface area contributed by atoms with Gasteiger partial charge < -0.3 is 5.11 Å². The Hall–Kier alpha value is -1.72. The van der Waals surface area contributed by atoms with Crippen LogP contribution in [0.1, 0.15) is 53.8 Å². The van der Waals surface area contributed by atoms with Gasteiger partial charge in [0, 0.05) is 18.6 Å². The Bertz CT molecular complexity index is 571. The van der Waals surface area contributed by atoms with Gasteiger partial charge in [0.05, 0.1) is 23.8 Å². The van der Waals surface area contributed by atoms with Gasteiger partial charge in [-0.2, -0.15) is 0 Å². The fourth-order valence-corrected chi connectivity index (χ4v) is 3.75. The minimum atomic E-state index is -0.722. The molecule has 5 heteroatoms. The predicted molar refractivity (Wildman–Crippen MR) is 87.3 cm³/mol. The van der Waals surface area contributed by atoms with E-state index in [1.54, 1.807) is 24.3 Å². The first-order valence-electron chi connectivity index (χ1n) is 8.38. The highest BCUT2D eigenvalue weighted by Crippen LogP contribution is 2.25. The molecular formula is C18H24N2O3. The number of nitrogens with zero attached hydrogens (tertiary/aromatic N) is 2. The van der Waals surface area contributed by atoms with Crippen molar-refractivity contribution in [3.05, 3.63) is 35.4 Å². The van der Waals surface area contributed by atoms with Crippen LogP contribution in [0, 0.1) is 0 Å². The average Bonchev–Trinajstić information content (AvgIpc) is 2.77. The molecule has 124 valence electrons. The van der Waals surface area contributed by atoms with Gasteiger partial charge in [0.25, 0.3) is 11.8 Å². The van der Waals surface area contributed by atoms with Crippen molar-refractivity contribution in [3.63, 3.8) is 0 Å². The fraction of sp³-hybridized carbons (Fsp3) is 0.556. The number of carbonyl (C=O) groups is 2. The summed E-state index contributed by atoms with van der Waals surface area (Å²) in [6.45, 7) is 4.90. The number of β-amino-alcohol motifs (C(OH)–C–C–N with tert-alkyl or cyclic N) is 1. The highest BCUT2D eigenvalue weighted by molar-refractivity contribution is 6.21. The Morgan fingerprint density at radius 3 is 2.09 bits per heavy atom. The Balaban J connectivity index is 1.66. The lowest BCUT2D eigenvalue weighted by atomic mass is 9.97. The molecule has 2 heterocycles. The first-order valence-corrected chi connectivity index (χ1v) is 8.38. The molecule has 0 radical (unpaired) electrons. The molecule has 0 bridgehead atoms. The van der Waals surface area contributed by atoms with Crippen LogP contribution in [0.15, 0.2) is 24.3 Å². The van der Waals surface area contributed by atoms with Crippen LogP contribution in [0.3, 0.4) is 0 Å². The number of hydrogen-bond acceptors (Lipinski definition) is 4. The Kier molecular flexibility index (Phi) is 4.50. The van der Waals surface area contributed by atoms with Gasteiger partial charge in [-0.05, 0) is 38.8 Å². The molecule has 1 aromatic rings. The van der Waals surface area contributed by atoms with Crippen molar-refractivity contribution in [3.8, 4) is 0 Å². The quantitative estimate of drug-likeness (QED) is 0.862. The minimum Gasteiger partial charge on any atom is -0.390 e. The second-order valence-corrected chi connectivity index (χ2v) is 6.75. The van der Waals surface area contributed by atoms with Gasteiger partial charge in [0.15, 0.2) is 0 Å². The zero-order valence-electron chi connectivity index (χ0n) is 13.7. The molecule has 1 N–H and O–H groups in total. The van der Waals surface area contributed by atoms with E-state index in [9.17, 15) is 14.7 Å². The lowest BCUT2D eigenvalue weighted by molar-refractivity contribution is 0.0240. The molecule has 2 aliphatic rings. The van der Waals surface area contributed by atoms with E-state index >= 15 is 0 Å². The third-order valence-corrected chi connectivity index (χ3v) is 5.07. The van der Waals surface area contributed by atoms with Gasteiger partial charge in [-0.25, -0.2) is 0 Å². The van der Waals surface area contributed by atoms with E-state index in [2.05, 4.69) is 18.7 Å². The van der Waals surface area contributed by atoms with E-state index < -0.39 is 6.10 Å². The number of piperidine rings is 1. The summed E-state index contributed by atoms with van der Waals surface area (Å²) in [6.07, 6.45) is 2.75. The van der Waals surface area contributed by atoms with Crippen molar-refractivity contribution in [1.29, 1.82) is 0 Å². The third-order valence-electron chi connectivity index (χ3n) is 5.07. The van der Waals surface area contributed by atoms with Crippen molar-refractivity contribution < 1.29 is 14.7 Å². The minimum absolute atomic E-state index is 0.0578. The molecule has 1 unspecified atom stereocenters. The summed E-state index contributed by atoms with van der Waals surface area (Å²) in [5, 5.41) is 10.4. The summed E-state index contributed by atoms with van der Waals surface area (Å²) in [6, 6.07) is 7.68. The second-order valence-electron chi connectivity index (χ2n) is 6.75. The molecule has 23 heavy (non-hydrogen) atoms. The van der Waals surface area contributed by atoms with Crippen LogP contribution in [0.2, 0.25) is 0 Å². The molecule has 3 rings (SSSR count). The summed E-state index contributed by atoms with van der Waals surface area (Å²) in [7, 11) is 0. The number of benzene rings is 1. The number of aliphatic hydroxyl groups is 1. The lowest BCUT2D eigenvalue weighted by Gasteiger charge is -2.40. The van der Waals surface area contributed by atoms with Crippen LogP contribution < -0.4 is 0 Å². The molecule has 5 nitrogen and oxygen atoms in total. The van der Waals surface area contributed by atoms with E-state index in [1.165, 1.54) is 11.3 Å². The van der Waals surface area contributed by atoms with Gasteiger partial charge in [-0.15, -0.1) is 0 Å². The standard InChI is InChI=1S/C18H24N2O3/c1-12-6-5-7-13(2)19(12)10-14(21)11-20-17(22)15-8-3-4-9-16(15)18(20)23/h3-4,8-9,12-14,21H,5-7,10-11H2,1-2H3/t12-,13?,14-/m1/s1. The first-order chi connectivity index (χ1) is 11.0. The van der Waals surface area contributed by atoms with Crippen molar-refractivity contribution in [2.45, 2.75) is 51.3 Å². The van der Waals surface area contributed by atoms with Crippen molar-refractivity contribution in [2.24, 2.45) is 0 Å². The number of amides is 2. The van der Waals surface area contributed by atoms with Crippen LogP contribution in [0.5, 0.6) is 0 Å². The molecule has 1 saturated heterocycles. The van der Waals surface area contributed by atoms with Crippen LogP contribution in [-0.4, -0.2) is 58.0 Å². The van der Waals surface area contributed by atoms with Crippen molar-refractivity contribution in [2.75, 3.05) is 13.1 Å². The van der Waals surface area contributed by atoms with E-state index in [0.29, 0.717) is 29.8 Å². The van der Waals surface area contributed by atoms with Gasteiger partial charge in [-0.1, -0.05) is 18.6 Å². The highest BCUT2D eigenvalue weighted by atomic mass is 16.3. The van der Waals surface area contributed by atoms with Crippen molar-refractivity contribution in [1.82, 2.24) is 9.80 Å². The van der Waals surface area contributed by atoms with Crippen LogP contribution in [-0.2, 0) is 0 Å². The van der Waals surface area contributed by atoms with Gasteiger partial charge in [0.2, 0.25) is 0 Å². The average molecular weight is 316 g/mol.